The standard InChI is InChI=1S/C11H13N5O4S/c1-8-2-13-9(3-12-8)4-15-21(19,20)10-5-14-16(6-10)7-11(17)18/h2-3,5-6,15H,4,7H2,1H3,(H,17,18). The lowest BCUT2D eigenvalue weighted by molar-refractivity contribution is -0.137. The van der Waals surface area contributed by atoms with Gasteiger partial charge in [0.25, 0.3) is 0 Å². The first-order valence-corrected chi connectivity index (χ1v) is 7.36. The van der Waals surface area contributed by atoms with Crippen LogP contribution in [0.5, 0.6) is 0 Å². The van der Waals surface area contributed by atoms with Crippen LogP contribution in [0.1, 0.15) is 11.4 Å². The lowest BCUT2D eigenvalue weighted by Gasteiger charge is -2.04. The van der Waals surface area contributed by atoms with E-state index in [4.69, 9.17) is 5.11 Å². The fourth-order valence-electron chi connectivity index (χ4n) is 1.47. The van der Waals surface area contributed by atoms with E-state index >= 15 is 0 Å². The van der Waals surface area contributed by atoms with Gasteiger partial charge in [-0.3, -0.25) is 19.4 Å². The zero-order valence-corrected chi connectivity index (χ0v) is 11.9. The van der Waals surface area contributed by atoms with Crippen LogP contribution in [-0.4, -0.2) is 39.2 Å². The average molecular weight is 311 g/mol. The molecule has 2 heterocycles. The molecule has 0 radical (unpaired) electrons. The van der Waals surface area contributed by atoms with E-state index < -0.39 is 22.5 Å². The minimum absolute atomic E-state index is 0.0142. The molecule has 0 bridgehead atoms. The van der Waals surface area contributed by atoms with Crippen molar-refractivity contribution in [2.75, 3.05) is 0 Å². The maximum atomic E-state index is 12.0. The molecule has 2 aromatic heterocycles. The molecule has 0 atom stereocenters. The smallest absolute Gasteiger partial charge is 0.325 e. The van der Waals surface area contributed by atoms with Crippen LogP contribution in [0.15, 0.2) is 29.7 Å². The molecule has 0 aromatic carbocycles. The Bertz CT molecular complexity index is 738. The molecule has 0 aliphatic carbocycles. The first-order valence-electron chi connectivity index (χ1n) is 5.88. The van der Waals surface area contributed by atoms with Gasteiger partial charge in [-0.05, 0) is 6.92 Å². The van der Waals surface area contributed by atoms with Crippen molar-refractivity contribution in [3.05, 3.63) is 36.2 Å². The molecule has 2 aromatic rings. The van der Waals surface area contributed by atoms with E-state index in [9.17, 15) is 13.2 Å². The third kappa shape index (κ3) is 4.07. The Morgan fingerprint density at radius 2 is 2.10 bits per heavy atom. The molecule has 0 aliphatic rings. The summed E-state index contributed by atoms with van der Waals surface area (Å²) >= 11 is 0. The van der Waals surface area contributed by atoms with Gasteiger partial charge in [0, 0.05) is 12.4 Å². The second kappa shape index (κ2) is 5.97. The molecule has 0 unspecified atom stereocenters. The Labute approximate surface area is 120 Å². The van der Waals surface area contributed by atoms with Gasteiger partial charge in [0.15, 0.2) is 0 Å². The fraction of sp³-hybridized carbons (Fsp3) is 0.273. The highest BCUT2D eigenvalue weighted by molar-refractivity contribution is 7.89. The summed E-state index contributed by atoms with van der Waals surface area (Å²) in [5.74, 6) is -1.11. The van der Waals surface area contributed by atoms with Crippen LogP contribution in [0.4, 0.5) is 0 Å². The first kappa shape index (κ1) is 15.1. The molecule has 0 amide bonds. The maximum Gasteiger partial charge on any atom is 0.325 e. The van der Waals surface area contributed by atoms with Crippen molar-refractivity contribution in [1.82, 2.24) is 24.5 Å². The quantitative estimate of drug-likeness (QED) is 0.739. The topological polar surface area (TPSA) is 127 Å². The molecule has 112 valence electrons. The number of nitrogens with one attached hydrogen (secondary N) is 1. The summed E-state index contributed by atoms with van der Waals surface area (Å²) in [6, 6.07) is 0. The SMILES string of the molecule is Cc1cnc(CNS(=O)(=O)c2cnn(CC(=O)O)c2)cn1. The Balaban J connectivity index is 2.06. The third-order valence-corrected chi connectivity index (χ3v) is 3.85. The van der Waals surface area contributed by atoms with Crippen LogP contribution in [-0.2, 0) is 27.9 Å². The van der Waals surface area contributed by atoms with Crippen molar-refractivity contribution in [1.29, 1.82) is 0 Å². The fourth-order valence-corrected chi connectivity index (χ4v) is 2.42. The zero-order valence-electron chi connectivity index (χ0n) is 11.1. The summed E-state index contributed by atoms with van der Waals surface area (Å²) in [4.78, 5) is 18.5. The predicted octanol–water partition coefficient (Wildman–Crippen LogP) is -0.455. The lowest BCUT2D eigenvalue weighted by atomic mass is 10.4. The molecular weight excluding hydrogens is 298 g/mol. The molecular formula is C11H13N5O4S. The number of aryl methyl sites for hydroxylation is 1. The summed E-state index contributed by atoms with van der Waals surface area (Å²) in [5.41, 5.74) is 1.21. The molecule has 21 heavy (non-hydrogen) atoms. The Morgan fingerprint density at radius 3 is 2.71 bits per heavy atom. The molecule has 0 spiro atoms. The summed E-state index contributed by atoms with van der Waals surface area (Å²) < 4.78 is 27.4. The molecule has 2 rings (SSSR count). The normalized spacial score (nSPS) is 11.5. The number of carbonyl (C=O) groups is 1. The summed E-state index contributed by atoms with van der Waals surface area (Å²) in [6.07, 6.45) is 5.25. The number of aliphatic carboxylic acids is 1. The van der Waals surface area contributed by atoms with Crippen molar-refractivity contribution in [3.63, 3.8) is 0 Å². The second-order valence-electron chi connectivity index (χ2n) is 4.24. The van der Waals surface area contributed by atoms with E-state index in [0.29, 0.717) is 5.69 Å². The molecule has 10 heteroatoms. The van der Waals surface area contributed by atoms with E-state index in [1.807, 2.05) is 0 Å². The molecule has 0 aliphatic heterocycles. The number of hydrogen-bond donors (Lipinski definition) is 2. The molecule has 9 nitrogen and oxygen atoms in total. The minimum atomic E-state index is -3.78. The van der Waals surface area contributed by atoms with Crippen LogP contribution in [0.25, 0.3) is 0 Å². The van der Waals surface area contributed by atoms with Crippen molar-refractivity contribution < 1.29 is 18.3 Å². The van der Waals surface area contributed by atoms with Crippen LogP contribution in [0.3, 0.4) is 0 Å². The first-order chi connectivity index (χ1) is 9.87. The van der Waals surface area contributed by atoms with E-state index in [0.717, 1.165) is 22.8 Å². The van der Waals surface area contributed by atoms with Gasteiger partial charge in [0.05, 0.1) is 30.3 Å². The zero-order chi connectivity index (χ0) is 15.5. The van der Waals surface area contributed by atoms with E-state index in [-0.39, 0.29) is 11.4 Å². The molecule has 0 saturated heterocycles. The number of nitrogens with zero attached hydrogens (tertiary/aromatic N) is 4. The second-order valence-corrected chi connectivity index (χ2v) is 6.01. The third-order valence-electron chi connectivity index (χ3n) is 2.49. The van der Waals surface area contributed by atoms with Gasteiger partial charge in [0.2, 0.25) is 10.0 Å². The predicted molar refractivity (Wildman–Crippen MR) is 70.7 cm³/mol. The average Bonchev–Trinajstić information content (AvgIpc) is 2.86. The molecule has 0 fully saturated rings. The van der Waals surface area contributed by atoms with Crippen LogP contribution >= 0.6 is 0 Å². The molecule has 0 saturated carbocycles. The van der Waals surface area contributed by atoms with Crippen LogP contribution < -0.4 is 4.72 Å². The number of carboxylic acids is 1. The van der Waals surface area contributed by atoms with Gasteiger partial charge in [-0.25, -0.2) is 13.1 Å². The Morgan fingerprint density at radius 1 is 1.33 bits per heavy atom. The summed E-state index contributed by atoms with van der Waals surface area (Å²) in [7, 11) is -3.78. The lowest BCUT2D eigenvalue weighted by Crippen LogP contribution is -2.23. The van der Waals surface area contributed by atoms with Crippen molar-refractivity contribution in [2.45, 2.75) is 24.9 Å². The number of hydrogen-bond acceptors (Lipinski definition) is 6. The van der Waals surface area contributed by atoms with Crippen LogP contribution in [0, 0.1) is 6.92 Å². The van der Waals surface area contributed by atoms with Crippen molar-refractivity contribution >= 4 is 16.0 Å². The highest BCUT2D eigenvalue weighted by Crippen LogP contribution is 2.07. The minimum Gasteiger partial charge on any atom is -0.480 e. The highest BCUT2D eigenvalue weighted by atomic mass is 32.2. The maximum absolute atomic E-state index is 12.0. The molecule has 2 N–H and O–H groups in total. The van der Waals surface area contributed by atoms with Gasteiger partial charge >= 0.3 is 5.97 Å². The van der Waals surface area contributed by atoms with Crippen LogP contribution in [0.2, 0.25) is 0 Å². The van der Waals surface area contributed by atoms with Crippen molar-refractivity contribution in [3.8, 4) is 0 Å². The van der Waals surface area contributed by atoms with Gasteiger partial charge in [-0.15, -0.1) is 0 Å². The Hall–Kier alpha value is -2.33. The monoisotopic (exact) mass is 311 g/mol. The van der Waals surface area contributed by atoms with Gasteiger partial charge in [-0.2, -0.15) is 5.10 Å². The Kier molecular flexibility index (Phi) is 4.29. The number of aromatic nitrogens is 4. The van der Waals surface area contributed by atoms with E-state index in [2.05, 4.69) is 19.8 Å². The number of sulfonamides is 1. The van der Waals surface area contributed by atoms with Gasteiger partial charge < -0.3 is 5.11 Å². The van der Waals surface area contributed by atoms with E-state index in [1.165, 1.54) is 12.4 Å². The number of rotatable bonds is 6. The van der Waals surface area contributed by atoms with Gasteiger partial charge in [-0.1, -0.05) is 0 Å². The highest BCUT2D eigenvalue weighted by Gasteiger charge is 2.17. The van der Waals surface area contributed by atoms with Crippen molar-refractivity contribution in [2.24, 2.45) is 0 Å². The van der Waals surface area contributed by atoms with E-state index in [1.54, 1.807) is 6.92 Å². The largest absolute Gasteiger partial charge is 0.480 e. The number of carboxylic acid groups (broad SMARTS) is 1. The van der Waals surface area contributed by atoms with Gasteiger partial charge in [0.1, 0.15) is 11.4 Å². The summed E-state index contributed by atoms with van der Waals surface area (Å²) in [5, 5.41) is 12.3. The summed E-state index contributed by atoms with van der Waals surface area (Å²) in [6.45, 7) is 1.36.